The molecule has 0 bridgehead atoms. The van der Waals surface area contributed by atoms with Crippen LogP contribution in [-0.4, -0.2) is 43.0 Å². The minimum Gasteiger partial charge on any atom is -0.381 e. The van der Waals surface area contributed by atoms with Crippen LogP contribution in [0.5, 0.6) is 0 Å². The van der Waals surface area contributed by atoms with Crippen molar-refractivity contribution in [2.24, 2.45) is 0 Å². The smallest absolute Gasteiger partial charge is 0.379 e. The summed E-state index contributed by atoms with van der Waals surface area (Å²) in [6.45, 7) is 3.31. The van der Waals surface area contributed by atoms with Gasteiger partial charge in [0.1, 0.15) is 0 Å². The molecule has 2 aromatic rings. The highest BCUT2D eigenvalue weighted by atomic mass is 19.4. The van der Waals surface area contributed by atoms with E-state index in [1.54, 1.807) is 11.9 Å². The summed E-state index contributed by atoms with van der Waals surface area (Å²) in [6, 6.07) is 17.3. The first-order chi connectivity index (χ1) is 15.5. The number of amides is 2. The Morgan fingerprint density at radius 3 is 2.27 bits per heavy atom. The Kier molecular flexibility index (Phi) is 9.32. The van der Waals surface area contributed by atoms with Crippen LogP contribution in [0.15, 0.2) is 48.5 Å². The minimum atomic E-state index is -3.67. The predicted octanol–water partition coefficient (Wildman–Crippen LogP) is 4.66. The van der Waals surface area contributed by atoms with Crippen molar-refractivity contribution in [1.82, 2.24) is 10.2 Å². The van der Waals surface area contributed by atoms with Gasteiger partial charge in [-0.15, -0.1) is 0 Å². The van der Waals surface area contributed by atoms with Crippen LogP contribution in [0.1, 0.15) is 43.9 Å². The van der Waals surface area contributed by atoms with Crippen molar-refractivity contribution in [3.63, 3.8) is 0 Å². The maximum Gasteiger partial charge on any atom is 0.379 e. The second-order valence-corrected chi connectivity index (χ2v) is 8.71. The van der Waals surface area contributed by atoms with E-state index >= 15 is 0 Å². The van der Waals surface area contributed by atoms with Crippen molar-refractivity contribution in [3.8, 4) is 0 Å². The minimum absolute atomic E-state index is 0.0198. The maximum absolute atomic E-state index is 12.2. The van der Waals surface area contributed by atoms with Gasteiger partial charge >= 0.3 is 6.68 Å². The molecule has 1 aliphatic carbocycles. The lowest BCUT2D eigenvalue weighted by Gasteiger charge is -2.30. The van der Waals surface area contributed by atoms with Crippen molar-refractivity contribution in [2.45, 2.75) is 58.3 Å². The van der Waals surface area contributed by atoms with E-state index in [1.165, 1.54) is 18.1 Å². The van der Waals surface area contributed by atoms with Crippen LogP contribution in [0, 0.1) is 0 Å². The molecule has 0 heterocycles. The zero-order valence-corrected chi connectivity index (χ0v) is 19.5. The number of anilines is 1. The van der Waals surface area contributed by atoms with Crippen LogP contribution in [0.25, 0.3) is 0 Å². The molecule has 0 radical (unpaired) electrons. The van der Waals surface area contributed by atoms with Gasteiger partial charge in [0.25, 0.3) is 0 Å². The number of hydrogen-bond donors (Lipinski definition) is 2. The monoisotopic (exact) mass is 463 g/mol. The normalized spacial score (nSPS) is 15.8. The molecule has 5 nitrogen and oxygen atoms in total. The number of rotatable bonds is 7. The van der Waals surface area contributed by atoms with E-state index < -0.39 is 6.68 Å². The van der Waals surface area contributed by atoms with Gasteiger partial charge in [-0.05, 0) is 35.2 Å². The molecule has 1 atom stereocenters. The van der Waals surface area contributed by atoms with Gasteiger partial charge in [0, 0.05) is 50.6 Å². The van der Waals surface area contributed by atoms with Crippen LogP contribution >= 0.6 is 0 Å². The molecule has 8 heteroatoms. The van der Waals surface area contributed by atoms with Gasteiger partial charge in [-0.2, -0.15) is 13.2 Å². The summed E-state index contributed by atoms with van der Waals surface area (Å²) in [7, 11) is 1.79. The highest BCUT2D eigenvalue weighted by Crippen LogP contribution is 2.39. The molecule has 1 unspecified atom stereocenters. The first-order valence-corrected chi connectivity index (χ1v) is 10.8. The van der Waals surface area contributed by atoms with Gasteiger partial charge in [0.15, 0.2) is 0 Å². The lowest BCUT2D eigenvalue weighted by atomic mass is 9.83. The maximum atomic E-state index is 12.2. The second kappa shape index (κ2) is 11.7. The summed E-state index contributed by atoms with van der Waals surface area (Å²) in [4.78, 5) is 24.8. The number of hydrogen-bond acceptors (Lipinski definition) is 3. The molecular weight excluding hydrogens is 431 g/mol. The number of nitrogens with one attached hydrogen (secondary N) is 2. The lowest BCUT2D eigenvalue weighted by Crippen LogP contribution is -2.36. The molecule has 3 rings (SSSR count). The van der Waals surface area contributed by atoms with Crippen LogP contribution < -0.4 is 10.6 Å². The van der Waals surface area contributed by atoms with E-state index in [1.807, 2.05) is 0 Å². The molecule has 0 aliphatic heterocycles. The van der Waals surface area contributed by atoms with Crippen molar-refractivity contribution < 1.29 is 22.8 Å². The van der Waals surface area contributed by atoms with Crippen molar-refractivity contribution in [2.75, 3.05) is 18.9 Å². The average Bonchev–Trinajstić information content (AvgIpc) is 2.99. The fourth-order valence-electron chi connectivity index (χ4n) is 4.03. The molecule has 0 aromatic heterocycles. The zero-order valence-electron chi connectivity index (χ0n) is 19.5. The molecule has 0 saturated carbocycles. The molecule has 33 heavy (non-hydrogen) atoms. The van der Waals surface area contributed by atoms with Gasteiger partial charge < -0.3 is 15.5 Å². The zero-order chi connectivity index (χ0) is 24.6. The first-order valence-electron chi connectivity index (χ1n) is 10.8. The second-order valence-electron chi connectivity index (χ2n) is 8.71. The van der Waals surface area contributed by atoms with Crippen LogP contribution in [-0.2, 0) is 28.0 Å². The summed E-state index contributed by atoms with van der Waals surface area (Å²) in [5.41, 5.74) is 5.11. The van der Waals surface area contributed by atoms with Crippen LogP contribution in [0.3, 0.4) is 0 Å². The number of nitrogens with zero attached hydrogens (tertiary/aromatic N) is 1. The number of fused-ring (bicyclic) bond motifs is 1. The number of carbonyl (C=O) groups is 2. The highest BCUT2D eigenvalue weighted by molar-refractivity contribution is 5.77. The average molecular weight is 464 g/mol. The molecule has 2 N–H and O–H groups in total. The number of halogens is 3. The summed E-state index contributed by atoms with van der Waals surface area (Å²) in [5, 5.41) is 6.35. The van der Waals surface area contributed by atoms with Crippen molar-refractivity contribution >= 4 is 17.5 Å². The van der Waals surface area contributed by atoms with E-state index in [9.17, 15) is 22.8 Å². The topological polar surface area (TPSA) is 61.4 Å². The third-order valence-corrected chi connectivity index (χ3v) is 5.86. The first kappa shape index (κ1) is 26.2. The van der Waals surface area contributed by atoms with Crippen LogP contribution in [0.4, 0.5) is 18.9 Å². The van der Waals surface area contributed by atoms with Gasteiger partial charge in [0.2, 0.25) is 11.8 Å². The molecule has 2 aromatic carbocycles. The van der Waals surface area contributed by atoms with E-state index in [-0.39, 0.29) is 17.2 Å². The Labute approximate surface area is 193 Å². The Morgan fingerprint density at radius 2 is 1.70 bits per heavy atom. The van der Waals surface area contributed by atoms with Crippen molar-refractivity contribution in [3.05, 3.63) is 65.2 Å². The third kappa shape index (κ3) is 7.80. The summed E-state index contributed by atoms with van der Waals surface area (Å²) in [6.07, 6.45) is 1.34. The van der Waals surface area contributed by atoms with E-state index in [2.05, 4.69) is 73.0 Å². The predicted molar refractivity (Wildman–Crippen MR) is 124 cm³/mol. The summed E-state index contributed by atoms with van der Waals surface area (Å²) in [5.74, 6) is -0.0940. The van der Waals surface area contributed by atoms with Gasteiger partial charge in [-0.1, -0.05) is 50.2 Å². The van der Waals surface area contributed by atoms with Gasteiger partial charge in [0.05, 0.1) is 0 Å². The molecule has 180 valence electrons. The SMILES string of the molecule is CC(=O)NCCC(=O)N(C)Cc1ccc(NC2Cc3ccccc3C2(C)C)cc1.FC(F)F. The Balaban J connectivity index is 0.000000890. The quantitative estimate of drug-likeness (QED) is 0.628. The number of carbonyl (C=O) groups excluding carboxylic acids is 2. The fraction of sp³-hybridized carbons (Fsp3) is 0.440. The van der Waals surface area contributed by atoms with Gasteiger partial charge in [-0.3, -0.25) is 9.59 Å². The molecular formula is C25H32F3N3O2. The van der Waals surface area contributed by atoms with E-state index in [0.29, 0.717) is 25.6 Å². The molecule has 0 fully saturated rings. The molecule has 1 aliphatic rings. The fourth-order valence-corrected chi connectivity index (χ4v) is 4.03. The van der Waals surface area contributed by atoms with Crippen LogP contribution in [0.2, 0.25) is 0 Å². The number of alkyl halides is 3. The van der Waals surface area contributed by atoms with E-state index in [4.69, 9.17) is 0 Å². The summed E-state index contributed by atoms with van der Waals surface area (Å²) < 4.78 is 29.0. The molecule has 0 spiro atoms. The number of benzene rings is 2. The van der Waals surface area contributed by atoms with Gasteiger partial charge in [-0.25, -0.2) is 0 Å². The highest BCUT2D eigenvalue weighted by Gasteiger charge is 2.38. The lowest BCUT2D eigenvalue weighted by molar-refractivity contribution is -0.130. The molecule has 2 amide bonds. The molecule has 0 saturated heterocycles. The Bertz CT molecular complexity index is 930. The summed E-state index contributed by atoms with van der Waals surface area (Å²) >= 11 is 0. The standard InChI is InChI=1S/C24H31N3O2.CHF3/c1-17(28)25-14-13-23(29)27(4)16-18-9-11-20(12-10-18)26-22-15-19-7-5-6-8-21(19)24(22,2)3;2-1(3)4/h5-12,22,26H,13-16H2,1-4H3,(H,25,28);1H. The largest absolute Gasteiger partial charge is 0.381 e. The Hall–Kier alpha value is -3.03. The van der Waals surface area contributed by atoms with Crippen molar-refractivity contribution in [1.29, 1.82) is 0 Å². The Morgan fingerprint density at radius 1 is 1.09 bits per heavy atom. The third-order valence-electron chi connectivity index (χ3n) is 5.86. The van der Waals surface area contributed by atoms with E-state index in [0.717, 1.165) is 17.7 Å².